The molecule has 0 spiro atoms. The summed E-state index contributed by atoms with van der Waals surface area (Å²) in [6.45, 7) is 5.47. The number of phosphoric ester groups is 1. The number of esters is 1. The van der Waals surface area contributed by atoms with E-state index >= 15 is 0 Å². The number of carbonyl (C=O) groups is 1. The molecule has 0 aliphatic heterocycles. The Kier molecular flexibility index (Phi) is 44.3. The van der Waals surface area contributed by atoms with Crippen LogP contribution in [0.15, 0.2) is 12.2 Å². The third kappa shape index (κ3) is 48.3. The highest BCUT2D eigenvalue weighted by Gasteiger charge is 2.20. The average Bonchev–Trinajstić information content (AvgIpc) is 3.20. The van der Waals surface area contributed by atoms with E-state index in [9.17, 15) is 14.3 Å². The van der Waals surface area contributed by atoms with Gasteiger partial charge in [0.05, 0.1) is 34.4 Å². The van der Waals surface area contributed by atoms with E-state index in [1.54, 1.807) is 0 Å². The number of carbonyl (C=O) groups excluding carboxylic acids is 1. The predicted octanol–water partition coefficient (Wildman–Crippen LogP) is 15.2. The van der Waals surface area contributed by atoms with Gasteiger partial charge >= 0.3 is 5.97 Å². The Morgan fingerprint density at radius 3 is 1.27 bits per heavy atom. The lowest BCUT2D eigenvalue weighted by Crippen LogP contribution is -2.37. The van der Waals surface area contributed by atoms with Crippen molar-refractivity contribution in [2.45, 2.75) is 258 Å². The van der Waals surface area contributed by atoms with Crippen molar-refractivity contribution in [2.75, 3.05) is 54.1 Å². The lowest BCUT2D eigenvalue weighted by molar-refractivity contribution is -0.870. The Morgan fingerprint density at radius 1 is 0.500 bits per heavy atom. The van der Waals surface area contributed by atoms with Gasteiger partial charge in [0.25, 0.3) is 7.82 Å². The van der Waals surface area contributed by atoms with Crippen molar-refractivity contribution in [3.05, 3.63) is 12.2 Å². The fourth-order valence-electron chi connectivity index (χ4n) is 7.54. The summed E-state index contributed by atoms with van der Waals surface area (Å²) in [5.74, 6) is -0.328. The number of hydrogen-bond donors (Lipinski definition) is 0. The molecule has 0 aliphatic rings. The molecule has 0 N–H and O–H groups in total. The first-order chi connectivity index (χ1) is 29.1. The minimum atomic E-state index is -4.52. The fourth-order valence-corrected chi connectivity index (χ4v) is 8.27. The van der Waals surface area contributed by atoms with Crippen molar-refractivity contribution in [1.82, 2.24) is 0 Å². The van der Waals surface area contributed by atoms with Gasteiger partial charge in [-0.2, -0.15) is 0 Å². The summed E-state index contributed by atoms with van der Waals surface area (Å²) in [5.41, 5.74) is 0. The quantitative estimate of drug-likeness (QED) is 0.0198. The first-order valence-electron chi connectivity index (χ1n) is 25.9. The van der Waals surface area contributed by atoms with E-state index in [2.05, 4.69) is 26.0 Å². The molecule has 2 atom stereocenters. The summed E-state index contributed by atoms with van der Waals surface area (Å²) in [4.78, 5) is 25.1. The number of likely N-dealkylation sites (N-methyl/N-ethyl adjacent to an activating group) is 1. The molecule has 0 saturated carbocycles. The van der Waals surface area contributed by atoms with E-state index in [0.717, 1.165) is 32.1 Å². The van der Waals surface area contributed by atoms with Crippen LogP contribution in [-0.2, 0) is 27.9 Å². The van der Waals surface area contributed by atoms with Crippen molar-refractivity contribution in [1.29, 1.82) is 0 Å². The van der Waals surface area contributed by atoms with Gasteiger partial charge in [-0.3, -0.25) is 9.36 Å². The van der Waals surface area contributed by atoms with Crippen LogP contribution in [0, 0.1) is 0 Å². The largest absolute Gasteiger partial charge is 0.756 e. The summed E-state index contributed by atoms with van der Waals surface area (Å²) in [6.07, 6.45) is 50.9. The van der Waals surface area contributed by atoms with Gasteiger partial charge in [0.15, 0.2) is 0 Å². The zero-order chi connectivity index (χ0) is 44.1. The van der Waals surface area contributed by atoms with Gasteiger partial charge in [-0.15, -0.1) is 0 Å². The Morgan fingerprint density at radius 2 is 0.867 bits per heavy atom. The van der Waals surface area contributed by atoms with Gasteiger partial charge in [-0.25, -0.2) is 0 Å². The molecule has 0 rings (SSSR count). The zero-order valence-corrected chi connectivity index (χ0v) is 41.6. The minimum absolute atomic E-state index is 0.0296. The lowest BCUT2D eigenvalue weighted by atomic mass is 10.0. The van der Waals surface area contributed by atoms with Gasteiger partial charge in [0, 0.05) is 13.0 Å². The molecule has 0 saturated heterocycles. The molecule has 0 radical (unpaired) electrons. The number of nitrogens with zero attached hydrogens (tertiary/aromatic N) is 1. The zero-order valence-electron chi connectivity index (χ0n) is 40.7. The summed E-state index contributed by atoms with van der Waals surface area (Å²) in [6, 6.07) is 0. The number of rotatable bonds is 49. The number of phosphoric acid groups is 1. The van der Waals surface area contributed by atoms with Crippen molar-refractivity contribution in [3.8, 4) is 0 Å². The van der Waals surface area contributed by atoms with Gasteiger partial charge in [-0.05, 0) is 38.5 Å². The number of allylic oxidation sites excluding steroid dienone is 2. The third-order valence-electron chi connectivity index (χ3n) is 11.6. The molecule has 0 aromatic rings. The maximum Gasteiger partial charge on any atom is 0.306 e. The molecule has 0 aromatic heterocycles. The van der Waals surface area contributed by atoms with E-state index in [-0.39, 0.29) is 25.8 Å². The summed E-state index contributed by atoms with van der Waals surface area (Å²) in [5, 5.41) is 0. The highest BCUT2D eigenvalue weighted by Crippen LogP contribution is 2.38. The van der Waals surface area contributed by atoms with Crippen LogP contribution in [0.4, 0.5) is 0 Å². The third-order valence-corrected chi connectivity index (χ3v) is 12.5. The van der Waals surface area contributed by atoms with Gasteiger partial charge < -0.3 is 27.9 Å². The number of unbranched alkanes of at least 4 members (excludes halogenated alkanes) is 33. The molecule has 60 heavy (non-hydrogen) atoms. The van der Waals surface area contributed by atoms with Gasteiger partial charge in [0.2, 0.25) is 0 Å². The molecule has 0 aliphatic carbocycles. The van der Waals surface area contributed by atoms with Gasteiger partial charge in [-0.1, -0.05) is 219 Å². The molecule has 0 aromatic carbocycles. The molecule has 2 unspecified atom stereocenters. The van der Waals surface area contributed by atoms with Crippen molar-refractivity contribution >= 4 is 13.8 Å². The Hall–Kier alpha value is -0.760. The number of ether oxygens (including phenoxy) is 2. The molecule has 8 nitrogen and oxygen atoms in total. The summed E-state index contributed by atoms with van der Waals surface area (Å²) >= 11 is 0. The Labute approximate surface area is 373 Å². The second kappa shape index (κ2) is 44.8. The maximum atomic E-state index is 12.7. The van der Waals surface area contributed by atoms with Crippen LogP contribution >= 0.6 is 7.82 Å². The Balaban J connectivity index is 4.08. The molecular weight excluding hydrogens is 770 g/mol. The summed E-state index contributed by atoms with van der Waals surface area (Å²) < 4.78 is 34.8. The van der Waals surface area contributed by atoms with Crippen LogP contribution < -0.4 is 4.89 Å². The molecule has 0 bridgehead atoms. The van der Waals surface area contributed by atoms with Gasteiger partial charge in [0.1, 0.15) is 19.3 Å². The van der Waals surface area contributed by atoms with Crippen molar-refractivity contribution in [3.63, 3.8) is 0 Å². The molecule has 9 heteroatoms. The maximum absolute atomic E-state index is 12.7. The second-order valence-electron chi connectivity index (χ2n) is 18.9. The number of hydrogen-bond acceptors (Lipinski definition) is 7. The predicted molar refractivity (Wildman–Crippen MR) is 254 cm³/mol. The van der Waals surface area contributed by atoms with E-state index in [4.69, 9.17) is 18.5 Å². The van der Waals surface area contributed by atoms with Crippen LogP contribution in [0.5, 0.6) is 0 Å². The first kappa shape index (κ1) is 59.2. The van der Waals surface area contributed by atoms with E-state index in [0.29, 0.717) is 24.1 Å². The number of quaternary nitrogens is 1. The second-order valence-corrected chi connectivity index (χ2v) is 20.3. The van der Waals surface area contributed by atoms with Crippen LogP contribution in [0.25, 0.3) is 0 Å². The normalized spacial score (nSPS) is 13.6. The monoisotopic (exact) mass is 872 g/mol. The fraction of sp³-hybridized carbons (Fsp3) is 0.941. The minimum Gasteiger partial charge on any atom is -0.756 e. The average molecular weight is 872 g/mol. The van der Waals surface area contributed by atoms with Crippen molar-refractivity contribution < 1.29 is 37.3 Å². The van der Waals surface area contributed by atoms with Crippen LogP contribution in [0.2, 0.25) is 0 Å². The smallest absolute Gasteiger partial charge is 0.306 e. The van der Waals surface area contributed by atoms with E-state index < -0.39 is 13.9 Å². The Bertz CT molecular complexity index is 972. The topological polar surface area (TPSA) is 94.1 Å². The molecule has 0 heterocycles. The molecular formula is C51H102NO7P. The molecule has 358 valence electrons. The SMILES string of the molecule is CCCCCCCCCC/C=C\CCCCCCCCCCCCOCC(COP(=O)([O-])OCC[N+](C)(C)C)OC(=O)CCCCCCCCCCCCCCCCCC. The van der Waals surface area contributed by atoms with Crippen LogP contribution in [0.1, 0.15) is 251 Å². The van der Waals surface area contributed by atoms with E-state index in [1.807, 2.05) is 21.1 Å². The molecule has 0 amide bonds. The standard InChI is InChI=1S/C51H102NO7P/c1-6-8-10-12-14-16-18-20-22-24-25-26-27-28-29-31-33-35-37-39-41-43-46-56-48-50(49-58-60(54,55)57-47-45-52(3,4)5)59-51(53)44-42-40-38-36-34-32-30-23-21-19-17-15-13-11-9-7-2/h24-25,50H,6-23,26-49H2,1-5H3/b25-24-. The highest BCUT2D eigenvalue weighted by molar-refractivity contribution is 7.45. The van der Waals surface area contributed by atoms with Crippen molar-refractivity contribution in [2.24, 2.45) is 0 Å². The lowest BCUT2D eigenvalue weighted by Gasteiger charge is -2.28. The van der Waals surface area contributed by atoms with Crippen LogP contribution in [-0.4, -0.2) is 70.7 Å². The highest BCUT2D eigenvalue weighted by atomic mass is 31.2. The summed E-state index contributed by atoms with van der Waals surface area (Å²) in [7, 11) is 1.37. The van der Waals surface area contributed by atoms with Crippen LogP contribution in [0.3, 0.4) is 0 Å². The van der Waals surface area contributed by atoms with E-state index in [1.165, 1.54) is 199 Å². The molecule has 0 fully saturated rings. The first-order valence-corrected chi connectivity index (χ1v) is 27.4.